The van der Waals surface area contributed by atoms with Gasteiger partial charge in [0.1, 0.15) is 17.7 Å². The molecule has 9 nitrogen and oxygen atoms in total. The molecule has 200 valence electrons. The zero-order valence-corrected chi connectivity index (χ0v) is 23.4. The summed E-state index contributed by atoms with van der Waals surface area (Å²) in [5.41, 5.74) is 12.1. The molecule has 2 aliphatic rings. The van der Waals surface area contributed by atoms with E-state index in [-0.39, 0.29) is 45.8 Å². The molecule has 2 aromatic rings. The highest BCUT2D eigenvalue weighted by Crippen LogP contribution is 2.25. The Bertz CT molecular complexity index is 862. The molecule has 0 spiro atoms. The highest BCUT2D eigenvalue weighted by atomic mass is 35.5. The maximum atomic E-state index is 8.59. The van der Waals surface area contributed by atoms with Crippen LogP contribution in [0.3, 0.4) is 0 Å². The third-order valence-electron chi connectivity index (χ3n) is 4.68. The second-order valence-corrected chi connectivity index (χ2v) is 9.05. The van der Waals surface area contributed by atoms with Crippen molar-refractivity contribution in [3.05, 3.63) is 47.2 Å². The van der Waals surface area contributed by atoms with Crippen molar-refractivity contribution in [2.75, 3.05) is 31.3 Å². The number of aryl methyl sites for hydroxylation is 1. The molecule has 0 amide bonds. The van der Waals surface area contributed by atoms with Crippen molar-refractivity contribution in [1.82, 2.24) is 9.97 Å². The van der Waals surface area contributed by atoms with E-state index in [4.69, 9.17) is 47.1 Å². The SMILES string of the molecule is CC1(C)OC[C@H](CCc2ccnc(N)c2)O1.CC1(C)OC[C@H](CO)O1.Nc1cc(Cl)ccn1.S.S. The van der Waals surface area contributed by atoms with Gasteiger partial charge >= 0.3 is 0 Å². The Balaban J connectivity index is 0.000000523. The molecule has 35 heavy (non-hydrogen) atoms. The monoisotopic (exact) mass is 550 g/mol. The van der Waals surface area contributed by atoms with E-state index in [1.165, 1.54) is 5.56 Å². The van der Waals surface area contributed by atoms with Crippen molar-refractivity contribution >= 4 is 50.2 Å². The molecule has 0 aliphatic carbocycles. The molecule has 0 aromatic carbocycles. The molecular formula is C23H39ClN4O5S2. The number of nitrogens with zero attached hydrogens (tertiary/aromatic N) is 2. The molecule has 12 heteroatoms. The van der Waals surface area contributed by atoms with Crippen LogP contribution in [0.15, 0.2) is 36.7 Å². The number of hydrogen-bond donors (Lipinski definition) is 3. The standard InChI is InChI=1S/C12H18N2O2.C6H12O3.C5H5ClN2.2H2S/c1-12(2)15-8-10(16-12)4-3-9-5-6-14-11(13)7-9;1-6(2)8-4-5(3-7)9-6;6-4-1-2-8-5(7)3-4;;/h5-7,10H,3-4,8H2,1-2H3,(H2,13,14);5,7H,3-4H2,1-2H3;1-3H,(H2,7,8);2*1H2/t10-;5-;;;/m00.../s1. The van der Waals surface area contributed by atoms with Crippen LogP contribution in [-0.2, 0) is 25.4 Å². The topological polar surface area (TPSA) is 135 Å². The number of pyridine rings is 2. The molecule has 4 heterocycles. The number of rotatable bonds is 4. The Morgan fingerprint density at radius 2 is 1.43 bits per heavy atom. The first-order valence-electron chi connectivity index (χ1n) is 10.8. The molecule has 4 rings (SSSR count). The number of halogens is 1. The highest BCUT2D eigenvalue weighted by molar-refractivity contribution is 7.59. The summed E-state index contributed by atoms with van der Waals surface area (Å²) in [6, 6.07) is 7.16. The maximum absolute atomic E-state index is 8.59. The zero-order valence-electron chi connectivity index (χ0n) is 20.7. The minimum absolute atomic E-state index is 0. The van der Waals surface area contributed by atoms with Gasteiger partial charge in [-0.3, -0.25) is 0 Å². The van der Waals surface area contributed by atoms with Crippen LogP contribution in [0, 0.1) is 0 Å². The predicted octanol–water partition coefficient (Wildman–Crippen LogP) is 3.42. The van der Waals surface area contributed by atoms with Crippen molar-refractivity contribution < 1.29 is 24.1 Å². The molecule has 0 unspecified atom stereocenters. The summed E-state index contributed by atoms with van der Waals surface area (Å²) in [4.78, 5) is 7.70. The second-order valence-electron chi connectivity index (χ2n) is 8.61. The van der Waals surface area contributed by atoms with Crippen LogP contribution in [0.4, 0.5) is 11.6 Å². The number of aliphatic hydroxyl groups is 1. The van der Waals surface area contributed by atoms with E-state index in [1.54, 1.807) is 24.5 Å². The Morgan fingerprint density at radius 1 is 0.914 bits per heavy atom. The van der Waals surface area contributed by atoms with Crippen LogP contribution in [0.2, 0.25) is 5.02 Å². The average molecular weight is 551 g/mol. The molecule has 2 aliphatic heterocycles. The Kier molecular flexibility index (Phi) is 15.1. The summed E-state index contributed by atoms with van der Waals surface area (Å²) < 4.78 is 21.6. The predicted molar refractivity (Wildman–Crippen MR) is 148 cm³/mol. The van der Waals surface area contributed by atoms with Crippen LogP contribution in [0.5, 0.6) is 0 Å². The largest absolute Gasteiger partial charge is 0.394 e. The first-order valence-corrected chi connectivity index (χ1v) is 11.2. The summed E-state index contributed by atoms with van der Waals surface area (Å²) in [6.07, 6.45) is 5.26. The van der Waals surface area contributed by atoms with Gasteiger partial charge in [-0.25, -0.2) is 9.97 Å². The number of aromatic nitrogens is 2. The van der Waals surface area contributed by atoms with Crippen LogP contribution < -0.4 is 11.5 Å². The van der Waals surface area contributed by atoms with Crippen LogP contribution in [0.1, 0.15) is 39.7 Å². The van der Waals surface area contributed by atoms with Crippen molar-refractivity contribution in [3.63, 3.8) is 0 Å². The fourth-order valence-electron chi connectivity index (χ4n) is 3.16. The number of nitrogen functional groups attached to an aromatic ring is 2. The quantitative estimate of drug-likeness (QED) is 0.523. The van der Waals surface area contributed by atoms with Gasteiger partial charge in [0.25, 0.3) is 0 Å². The van der Waals surface area contributed by atoms with E-state index < -0.39 is 11.6 Å². The van der Waals surface area contributed by atoms with Crippen molar-refractivity contribution in [2.24, 2.45) is 0 Å². The fraction of sp³-hybridized carbons (Fsp3) is 0.565. The van der Waals surface area contributed by atoms with Gasteiger partial charge in [0.15, 0.2) is 11.6 Å². The molecule has 0 radical (unpaired) electrons. The molecule has 2 saturated heterocycles. The van der Waals surface area contributed by atoms with E-state index in [0.29, 0.717) is 29.9 Å². The van der Waals surface area contributed by atoms with Crippen LogP contribution in [0.25, 0.3) is 0 Å². The fourth-order valence-corrected chi connectivity index (χ4v) is 3.33. The third-order valence-corrected chi connectivity index (χ3v) is 4.92. The van der Waals surface area contributed by atoms with Crippen LogP contribution in [-0.4, -0.2) is 58.7 Å². The van der Waals surface area contributed by atoms with Crippen molar-refractivity contribution in [3.8, 4) is 0 Å². The lowest BCUT2D eigenvalue weighted by atomic mass is 10.1. The number of hydrogen-bond acceptors (Lipinski definition) is 9. The van der Waals surface area contributed by atoms with E-state index in [0.717, 1.165) is 12.8 Å². The number of aliphatic hydroxyl groups excluding tert-OH is 1. The van der Waals surface area contributed by atoms with Crippen molar-refractivity contribution in [2.45, 2.75) is 64.3 Å². The van der Waals surface area contributed by atoms with Gasteiger partial charge in [-0.2, -0.15) is 27.0 Å². The smallest absolute Gasteiger partial charge is 0.163 e. The first kappa shape index (κ1) is 33.7. The van der Waals surface area contributed by atoms with Gasteiger partial charge in [-0.05, 0) is 70.4 Å². The molecule has 2 atom stereocenters. The Hall–Kier alpha value is -1.31. The lowest BCUT2D eigenvalue weighted by Gasteiger charge is -2.17. The van der Waals surface area contributed by atoms with Gasteiger partial charge in [0, 0.05) is 17.4 Å². The molecule has 2 fully saturated rings. The summed E-state index contributed by atoms with van der Waals surface area (Å²) in [6.45, 7) is 8.78. The minimum Gasteiger partial charge on any atom is -0.394 e. The third kappa shape index (κ3) is 13.5. The molecular weight excluding hydrogens is 512 g/mol. The molecule has 0 saturated carbocycles. The van der Waals surface area contributed by atoms with E-state index >= 15 is 0 Å². The lowest BCUT2D eigenvalue weighted by Crippen LogP contribution is -2.22. The Labute approximate surface area is 226 Å². The van der Waals surface area contributed by atoms with E-state index in [9.17, 15) is 0 Å². The maximum Gasteiger partial charge on any atom is 0.163 e. The van der Waals surface area contributed by atoms with Gasteiger partial charge in [0.05, 0.1) is 25.9 Å². The lowest BCUT2D eigenvalue weighted by molar-refractivity contribution is -0.142. The normalized spacial score (nSPS) is 21.3. The van der Waals surface area contributed by atoms with Crippen molar-refractivity contribution in [1.29, 1.82) is 0 Å². The molecule has 2 aromatic heterocycles. The van der Waals surface area contributed by atoms with Gasteiger partial charge in [-0.1, -0.05) is 11.6 Å². The summed E-state index contributed by atoms with van der Waals surface area (Å²) >= 11 is 5.52. The number of nitrogens with two attached hydrogens (primary N) is 2. The van der Waals surface area contributed by atoms with Crippen LogP contribution >= 0.6 is 38.6 Å². The van der Waals surface area contributed by atoms with E-state index in [1.807, 2.05) is 39.8 Å². The first-order chi connectivity index (χ1) is 15.5. The van der Waals surface area contributed by atoms with E-state index in [2.05, 4.69) is 9.97 Å². The number of ether oxygens (including phenoxy) is 4. The van der Waals surface area contributed by atoms with Gasteiger partial charge < -0.3 is 35.5 Å². The second kappa shape index (κ2) is 15.7. The highest BCUT2D eigenvalue weighted by Gasteiger charge is 2.32. The zero-order chi connectivity index (χ0) is 24.5. The minimum atomic E-state index is -0.493. The number of anilines is 2. The summed E-state index contributed by atoms with van der Waals surface area (Å²) in [5.74, 6) is 0.105. The molecule has 0 bridgehead atoms. The van der Waals surface area contributed by atoms with Gasteiger partial charge in [0.2, 0.25) is 0 Å². The average Bonchev–Trinajstić information content (AvgIpc) is 3.27. The van der Waals surface area contributed by atoms with Gasteiger partial charge in [-0.15, -0.1) is 0 Å². The summed E-state index contributed by atoms with van der Waals surface area (Å²) in [5, 5.41) is 9.22. The summed E-state index contributed by atoms with van der Waals surface area (Å²) in [7, 11) is 0. The molecule has 5 N–H and O–H groups in total. The Morgan fingerprint density at radius 3 is 1.80 bits per heavy atom.